The van der Waals surface area contributed by atoms with Gasteiger partial charge in [-0.3, -0.25) is 4.79 Å². The van der Waals surface area contributed by atoms with Gasteiger partial charge >= 0.3 is 0 Å². The summed E-state index contributed by atoms with van der Waals surface area (Å²) in [4.78, 5) is 12.8. The van der Waals surface area contributed by atoms with Crippen LogP contribution in [-0.2, 0) is 4.79 Å². The number of benzene rings is 1. The summed E-state index contributed by atoms with van der Waals surface area (Å²) >= 11 is 3.47. The van der Waals surface area contributed by atoms with Gasteiger partial charge in [-0.25, -0.2) is 0 Å². The molecule has 0 spiro atoms. The first-order chi connectivity index (χ1) is 10.1. The molecule has 0 unspecified atom stereocenters. The summed E-state index contributed by atoms with van der Waals surface area (Å²) in [5.74, 6) is 3.55. The number of hydrogen-bond acceptors (Lipinski definition) is 2. The van der Waals surface area contributed by atoms with E-state index in [0.29, 0.717) is 5.78 Å². The number of carbonyl (C=O) groups excluding carboxylic acids is 1. The maximum absolute atomic E-state index is 12.8. The van der Waals surface area contributed by atoms with Crippen molar-refractivity contribution in [3.63, 3.8) is 0 Å². The molecule has 0 amide bonds. The third-order valence-electron chi connectivity index (χ3n) is 5.83. The van der Waals surface area contributed by atoms with Crippen LogP contribution in [0.1, 0.15) is 38.5 Å². The average molecular weight is 349 g/mol. The molecule has 0 aliphatic heterocycles. The van der Waals surface area contributed by atoms with E-state index < -0.39 is 0 Å². The zero-order valence-electron chi connectivity index (χ0n) is 12.2. The fourth-order valence-corrected chi connectivity index (χ4v) is 5.71. The molecule has 4 bridgehead atoms. The average Bonchev–Trinajstić information content (AvgIpc) is 2.44. The van der Waals surface area contributed by atoms with Gasteiger partial charge in [-0.1, -0.05) is 12.1 Å². The number of Topliss-reactive ketones (excluding diaryl/α,β-unsaturated/α-hetero) is 1. The van der Waals surface area contributed by atoms with Crippen molar-refractivity contribution in [1.82, 2.24) is 0 Å². The topological polar surface area (TPSA) is 26.3 Å². The summed E-state index contributed by atoms with van der Waals surface area (Å²) in [6, 6.07) is 7.76. The van der Waals surface area contributed by atoms with Gasteiger partial charge in [0, 0.05) is 5.41 Å². The zero-order chi connectivity index (χ0) is 14.4. The molecule has 0 saturated heterocycles. The Morgan fingerprint density at radius 1 is 1.10 bits per heavy atom. The molecule has 1 aromatic rings. The highest BCUT2D eigenvalue weighted by atomic mass is 79.9. The molecule has 4 aliphatic carbocycles. The fraction of sp³-hybridized carbons (Fsp3) is 0.611. The second-order valence-electron chi connectivity index (χ2n) is 7.34. The van der Waals surface area contributed by atoms with Crippen LogP contribution in [0.5, 0.6) is 5.75 Å². The van der Waals surface area contributed by atoms with E-state index in [2.05, 4.69) is 15.9 Å². The lowest BCUT2D eigenvalue weighted by Gasteiger charge is -2.55. The molecule has 0 aromatic heterocycles. The number of halogens is 1. The summed E-state index contributed by atoms with van der Waals surface area (Å²) < 4.78 is 6.71. The predicted octanol–water partition coefficient (Wildman–Crippen LogP) is 4.61. The largest absolute Gasteiger partial charge is 0.485 e. The Hall–Kier alpha value is -0.830. The van der Waals surface area contributed by atoms with Crippen molar-refractivity contribution < 1.29 is 9.53 Å². The molecule has 0 N–H and O–H groups in total. The predicted molar refractivity (Wildman–Crippen MR) is 85.2 cm³/mol. The Balaban J connectivity index is 1.47. The van der Waals surface area contributed by atoms with E-state index >= 15 is 0 Å². The molecule has 5 rings (SSSR count). The molecule has 1 aromatic carbocycles. The van der Waals surface area contributed by atoms with Crippen molar-refractivity contribution in [2.24, 2.45) is 23.2 Å². The van der Waals surface area contributed by atoms with E-state index in [1.807, 2.05) is 24.3 Å². The van der Waals surface area contributed by atoms with Crippen LogP contribution in [-0.4, -0.2) is 12.4 Å². The van der Waals surface area contributed by atoms with Gasteiger partial charge in [0.1, 0.15) is 12.4 Å². The third kappa shape index (κ3) is 2.44. The lowest BCUT2D eigenvalue weighted by Crippen LogP contribution is -2.51. The molecule has 21 heavy (non-hydrogen) atoms. The van der Waals surface area contributed by atoms with Crippen molar-refractivity contribution in [2.45, 2.75) is 38.5 Å². The summed E-state index contributed by atoms with van der Waals surface area (Å²) in [5, 5.41) is 0. The molecule has 3 heteroatoms. The highest BCUT2D eigenvalue weighted by molar-refractivity contribution is 9.10. The lowest BCUT2D eigenvalue weighted by molar-refractivity contribution is -0.146. The molecular formula is C18H21BrO2. The van der Waals surface area contributed by atoms with E-state index in [1.165, 1.54) is 19.3 Å². The SMILES string of the molecule is O=C(COc1ccccc1Br)C12CC3CC(CC(C3)C1)C2. The maximum atomic E-state index is 12.8. The lowest BCUT2D eigenvalue weighted by atomic mass is 9.48. The van der Waals surface area contributed by atoms with Crippen LogP contribution in [0.4, 0.5) is 0 Å². The molecule has 2 nitrogen and oxygen atoms in total. The number of ether oxygens (including phenoxy) is 1. The highest BCUT2D eigenvalue weighted by Crippen LogP contribution is 2.60. The van der Waals surface area contributed by atoms with Crippen LogP contribution >= 0.6 is 15.9 Å². The Kier molecular flexibility index (Phi) is 3.36. The monoisotopic (exact) mass is 348 g/mol. The van der Waals surface area contributed by atoms with Crippen LogP contribution in [0, 0.1) is 23.2 Å². The molecular weight excluding hydrogens is 328 g/mol. The van der Waals surface area contributed by atoms with Gasteiger partial charge in [-0.2, -0.15) is 0 Å². The molecule has 0 atom stereocenters. The third-order valence-corrected chi connectivity index (χ3v) is 6.48. The second kappa shape index (κ2) is 5.12. The molecule has 4 saturated carbocycles. The van der Waals surface area contributed by atoms with Gasteiger partial charge in [-0.05, 0) is 84.3 Å². The Bertz CT molecular complexity index is 531. The molecule has 0 radical (unpaired) electrons. The van der Waals surface area contributed by atoms with E-state index in [0.717, 1.165) is 47.2 Å². The molecule has 112 valence electrons. The smallest absolute Gasteiger partial charge is 0.176 e. The normalized spacial score (nSPS) is 36.7. The van der Waals surface area contributed by atoms with Crippen molar-refractivity contribution in [3.8, 4) is 5.75 Å². The van der Waals surface area contributed by atoms with Gasteiger partial charge in [0.25, 0.3) is 0 Å². The van der Waals surface area contributed by atoms with E-state index in [1.54, 1.807) is 0 Å². The van der Waals surface area contributed by atoms with Crippen LogP contribution in [0.2, 0.25) is 0 Å². The Morgan fingerprint density at radius 3 is 2.24 bits per heavy atom. The van der Waals surface area contributed by atoms with Gasteiger partial charge in [-0.15, -0.1) is 0 Å². The van der Waals surface area contributed by atoms with Crippen molar-refractivity contribution in [3.05, 3.63) is 28.7 Å². The minimum absolute atomic E-state index is 0.0456. The van der Waals surface area contributed by atoms with Crippen molar-refractivity contribution >= 4 is 21.7 Å². The number of para-hydroxylation sites is 1. The summed E-state index contributed by atoms with van der Waals surface area (Å²) in [5.41, 5.74) is -0.0456. The summed E-state index contributed by atoms with van der Waals surface area (Å²) in [7, 11) is 0. The van der Waals surface area contributed by atoms with Crippen LogP contribution in [0.15, 0.2) is 28.7 Å². The minimum atomic E-state index is -0.0456. The zero-order valence-corrected chi connectivity index (χ0v) is 13.8. The van der Waals surface area contributed by atoms with Crippen LogP contribution in [0.25, 0.3) is 0 Å². The fourth-order valence-electron chi connectivity index (χ4n) is 5.31. The minimum Gasteiger partial charge on any atom is -0.485 e. The van der Waals surface area contributed by atoms with Crippen LogP contribution < -0.4 is 4.74 Å². The molecule has 4 fully saturated rings. The number of ketones is 1. The van der Waals surface area contributed by atoms with E-state index in [4.69, 9.17) is 4.74 Å². The van der Waals surface area contributed by atoms with Crippen LogP contribution in [0.3, 0.4) is 0 Å². The molecule has 0 heterocycles. The van der Waals surface area contributed by atoms with Gasteiger partial charge in [0.2, 0.25) is 0 Å². The Morgan fingerprint density at radius 2 is 1.67 bits per heavy atom. The number of hydrogen-bond donors (Lipinski definition) is 0. The van der Waals surface area contributed by atoms with Crippen molar-refractivity contribution in [2.75, 3.05) is 6.61 Å². The van der Waals surface area contributed by atoms with Crippen molar-refractivity contribution in [1.29, 1.82) is 0 Å². The van der Waals surface area contributed by atoms with E-state index in [9.17, 15) is 4.79 Å². The highest BCUT2D eigenvalue weighted by Gasteiger charge is 2.54. The van der Waals surface area contributed by atoms with E-state index in [-0.39, 0.29) is 12.0 Å². The van der Waals surface area contributed by atoms with Gasteiger partial charge in [0.05, 0.1) is 4.47 Å². The number of carbonyl (C=O) groups is 1. The maximum Gasteiger partial charge on any atom is 0.176 e. The first kappa shape index (κ1) is 13.8. The summed E-state index contributed by atoms with van der Waals surface area (Å²) in [6.45, 7) is 0.231. The summed E-state index contributed by atoms with van der Waals surface area (Å²) in [6.07, 6.45) is 7.48. The first-order valence-electron chi connectivity index (χ1n) is 8.05. The molecule has 4 aliphatic rings. The standard InChI is InChI=1S/C18H21BrO2/c19-15-3-1-2-4-16(15)21-11-17(20)18-8-12-5-13(9-18)7-14(6-12)10-18/h1-4,12-14H,5-11H2. The number of rotatable bonds is 4. The Labute approximate surface area is 134 Å². The first-order valence-corrected chi connectivity index (χ1v) is 8.84. The van der Waals surface area contributed by atoms with Gasteiger partial charge < -0.3 is 4.74 Å². The van der Waals surface area contributed by atoms with Gasteiger partial charge in [0.15, 0.2) is 5.78 Å². The quantitative estimate of drug-likeness (QED) is 0.793. The second-order valence-corrected chi connectivity index (χ2v) is 8.19.